The molecule has 5 nitrogen and oxygen atoms in total. The van der Waals surface area contributed by atoms with E-state index >= 15 is 0 Å². The minimum Gasteiger partial charge on any atom is -0.312 e. The topological polar surface area (TPSA) is 61.8 Å². The van der Waals surface area contributed by atoms with Crippen molar-refractivity contribution in [1.82, 2.24) is 5.43 Å². The maximum absolute atomic E-state index is 12.6. The first kappa shape index (κ1) is 17.3. The third kappa shape index (κ3) is 2.48. The van der Waals surface area contributed by atoms with Gasteiger partial charge >= 0.3 is 0 Å². The summed E-state index contributed by atoms with van der Waals surface area (Å²) in [6, 6.07) is 7.26. The van der Waals surface area contributed by atoms with E-state index in [0.29, 0.717) is 17.9 Å². The SMILES string of the molecule is CC1(C)[C@@H]2CC[C@]1(C)/C(=N/NC(=O)c1cccc(N3CCCC3=O)c1)C2. The molecule has 2 saturated carbocycles. The number of nitrogens with zero attached hydrogens (tertiary/aromatic N) is 2. The van der Waals surface area contributed by atoms with Crippen LogP contribution in [0.1, 0.15) is 63.2 Å². The number of amides is 2. The molecule has 2 amide bonds. The molecule has 0 aromatic heterocycles. The van der Waals surface area contributed by atoms with Gasteiger partial charge in [-0.25, -0.2) is 5.43 Å². The quantitative estimate of drug-likeness (QED) is 0.841. The first-order valence-corrected chi connectivity index (χ1v) is 9.61. The first-order chi connectivity index (χ1) is 12.3. The molecule has 26 heavy (non-hydrogen) atoms. The third-order valence-electron chi connectivity index (χ3n) is 7.30. The maximum Gasteiger partial charge on any atom is 0.271 e. The average molecular weight is 353 g/mol. The number of benzene rings is 1. The fourth-order valence-electron chi connectivity index (χ4n) is 5.02. The molecule has 0 spiro atoms. The zero-order chi connectivity index (χ0) is 18.5. The van der Waals surface area contributed by atoms with Crippen LogP contribution in [0, 0.1) is 16.7 Å². The fourth-order valence-corrected chi connectivity index (χ4v) is 5.02. The Balaban J connectivity index is 1.50. The molecule has 1 saturated heterocycles. The van der Waals surface area contributed by atoms with Crippen LogP contribution in [-0.4, -0.2) is 24.1 Å². The maximum atomic E-state index is 12.6. The monoisotopic (exact) mass is 353 g/mol. The molecule has 1 aromatic rings. The van der Waals surface area contributed by atoms with Gasteiger partial charge in [0.1, 0.15) is 0 Å². The number of fused-ring (bicyclic) bond motifs is 2. The molecular formula is C21H27N3O2. The molecule has 2 bridgehead atoms. The van der Waals surface area contributed by atoms with E-state index in [1.807, 2.05) is 12.1 Å². The molecule has 1 aliphatic heterocycles. The van der Waals surface area contributed by atoms with Crippen molar-refractivity contribution in [2.45, 2.75) is 52.9 Å². The fraction of sp³-hybridized carbons (Fsp3) is 0.571. The van der Waals surface area contributed by atoms with Gasteiger partial charge < -0.3 is 4.90 Å². The van der Waals surface area contributed by atoms with Crippen molar-refractivity contribution in [3.05, 3.63) is 29.8 Å². The van der Waals surface area contributed by atoms with Crippen LogP contribution in [0.4, 0.5) is 5.69 Å². The Hall–Kier alpha value is -2.17. The van der Waals surface area contributed by atoms with Gasteiger partial charge in [-0.05, 0) is 55.2 Å². The lowest BCUT2D eigenvalue weighted by Crippen LogP contribution is -2.34. The highest BCUT2D eigenvalue weighted by Gasteiger charge is 2.60. The van der Waals surface area contributed by atoms with Crippen molar-refractivity contribution in [3.63, 3.8) is 0 Å². The summed E-state index contributed by atoms with van der Waals surface area (Å²) in [5.74, 6) is 0.572. The summed E-state index contributed by atoms with van der Waals surface area (Å²) in [6.07, 6.45) is 4.83. The molecule has 4 rings (SSSR count). The number of hydrogen-bond donors (Lipinski definition) is 1. The zero-order valence-electron chi connectivity index (χ0n) is 15.8. The number of rotatable bonds is 3. The van der Waals surface area contributed by atoms with E-state index in [-0.39, 0.29) is 22.6 Å². The van der Waals surface area contributed by atoms with Crippen molar-refractivity contribution < 1.29 is 9.59 Å². The molecule has 138 valence electrons. The van der Waals surface area contributed by atoms with Crippen LogP contribution in [0.2, 0.25) is 0 Å². The van der Waals surface area contributed by atoms with Crippen LogP contribution < -0.4 is 10.3 Å². The predicted octanol–water partition coefficient (Wildman–Crippen LogP) is 3.75. The second-order valence-electron chi connectivity index (χ2n) is 8.69. The summed E-state index contributed by atoms with van der Waals surface area (Å²) in [4.78, 5) is 26.3. The number of nitrogens with one attached hydrogen (secondary N) is 1. The molecule has 0 unspecified atom stereocenters. The van der Waals surface area contributed by atoms with E-state index in [1.54, 1.807) is 17.0 Å². The van der Waals surface area contributed by atoms with E-state index in [1.165, 1.54) is 6.42 Å². The van der Waals surface area contributed by atoms with Gasteiger partial charge in [0, 0.05) is 35.3 Å². The van der Waals surface area contributed by atoms with Gasteiger partial charge in [-0.3, -0.25) is 9.59 Å². The zero-order valence-corrected chi connectivity index (χ0v) is 15.8. The molecule has 2 atom stereocenters. The summed E-state index contributed by atoms with van der Waals surface area (Å²) in [7, 11) is 0. The first-order valence-electron chi connectivity index (χ1n) is 9.61. The highest BCUT2D eigenvalue weighted by atomic mass is 16.2. The van der Waals surface area contributed by atoms with Crippen molar-refractivity contribution in [2.24, 2.45) is 21.8 Å². The number of carbonyl (C=O) groups excluding carboxylic acids is 2. The average Bonchev–Trinajstić information content (AvgIpc) is 3.20. The summed E-state index contributed by atoms with van der Waals surface area (Å²) in [6.45, 7) is 7.66. The number of hydrazone groups is 1. The lowest BCUT2D eigenvalue weighted by atomic mass is 9.70. The van der Waals surface area contributed by atoms with Crippen LogP contribution in [0.3, 0.4) is 0 Å². The lowest BCUT2D eigenvalue weighted by molar-refractivity contribution is -0.117. The molecule has 3 fully saturated rings. The summed E-state index contributed by atoms with van der Waals surface area (Å²) >= 11 is 0. The number of anilines is 1. The number of hydrogen-bond acceptors (Lipinski definition) is 3. The van der Waals surface area contributed by atoms with Crippen LogP contribution in [0.5, 0.6) is 0 Å². The highest BCUT2D eigenvalue weighted by Crippen LogP contribution is 2.63. The Morgan fingerprint density at radius 3 is 2.73 bits per heavy atom. The molecule has 3 aliphatic rings. The third-order valence-corrected chi connectivity index (χ3v) is 7.30. The van der Waals surface area contributed by atoms with Crippen molar-refractivity contribution in [3.8, 4) is 0 Å². The molecule has 1 heterocycles. The van der Waals surface area contributed by atoms with Crippen LogP contribution in [0.25, 0.3) is 0 Å². The van der Waals surface area contributed by atoms with Crippen LogP contribution >= 0.6 is 0 Å². The van der Waals surface area contributed by atoms with E-state index < -0.39 is 0 Å². The lowest BCUT2D eigenvalue weighted by Gasteiger charge is -2.34. The molecule has 5 heteroatoms. The van der Waals surface area contributed by atoms with Gasteiger partial charge in [0.2, 0.25) is 5.91 Å². The van der Waals surface area contributed by atoms with Gasteiger partial charge in [-0.1, -0.05) is 26.8 Å². The molecule has 1 aromatic carbocycles. The van der Waals surface area contributed by atoms with Gasteiger partial charge in [-0.2, -0.15) is 5.10 Å². The highest BCUT2D eigenvalue weighted by molar-refractivity contribution is 6.00. The Kier molecular flexibility index (Phi) is 3.94. The summed E-state index contributed by atoms with van der Waals surface area (Å²) in [5.41, 5.74) is 5.54. The minimum atomic E-state index is -0.213. The summed E-state index contributed by atoms with van der Waals surface area (Å²) < 4.78 is 0. The molecule has 1 N–H and O–H groups in total. The second kappa shape index (κ2) is 5.93. The van der Waals surface area contributed by atoms with Crippen molar-refractivity contribution >= 4 is 23.2 Å². The van der Waals surface area contributed by atoms with E-state index in [4.69, 9.17) is 0 Å². The Bertz CT molecular complexity index is 798. The van der Waals surface area contributed by atoms with E-state index in [0.717, 1.165) is 37.2 Å². The van der Waals surface area contributed by atoms with Gasteiger partial charge in [0.15, 0.2) is 0 Å². The standard InChI is InChI=1S/C21H27N3O2/c1-20(2)15-9-10-21(20,3)17(13-15)22-23-19(26)14-6-4-7-16(12-14)24-11-5-8-18(24)25/h4,6-7,12,15H,5,8-11,13H2,1-3H3,(H,23,26)/b22-17+/t15-,21-/m1/s1. The minimum absolute atomic E-state index is 0.0781. The summed E-state index contributed by atoms with van der Waals surface area (Å²) in [5, 5.41) is 4.53. The van der Waals surface area contributed by atoms with Gasteiger partial charge in [-0.15, -0.1) is 0 Å². The van der Waals surface area contributed by atoms with Gasteiger partial charge in [0.05, 0.1) is 0 Å². The Morgan fingerprint density at radius 2 is 2.12 bits per heavy atom. The molecule has 2 aliphatic carbocycles. The number of carbonyl (C=O) groups is 2. The van der Waals surface area contributed by atoms with Crippen molar-refractivity contribution in [1.29, 1.82) is 0 Å². The van der Waals surface area contributed by atoms with Crippen LogP contribution in [0.15, 0.2) is 29.4 Å². The molecule has 0 radical (unpaired) electrons. The van der Waals surface area contributed by atoms with Crippen LogP contribution in [-0.2, 0) is 4.79 Å². The molecular weight excluding hydrogens is 326 g/mol. The predicted molar refractivity (Wildman–Crippen MR) is 102 cm³/mol. The van der Waals surface area contributed by atoms with E-state index in [2.05, 4.69) is 31.3 Å². The smallest absolute Gasteiger partial charge is 0.271 e. The second-order valence-corrected chi connectivity index (χ2v) is 8.69. The van der Waals surface area contributed by atoms with E-state index in [9.17, 15) is 9.59 Å². The largest absolute Gasteiger partial charge is 0.312 e. The van der Waals surface area contributed by atoms with Gasteiger partial charge in [0.25, 0.3) is 5.91 Å². The normalized spacial score (nSPS) is 31.0. The van der Waals surface area contributed by atoms with Crippen molar-refractivity contribution in [2.75, 3.05) is 11.4 Å². The Morgan fingerprint density at radius 1 is 1.31 bits per heavy atom. The Labute approximate surface area is 154 Å².